The maximum absolute atomic E-state index is 12.8. The van der Waals surface area contributed by atoms with Gasteiger partial charge in [-0.2, -0.15) is 0 Å². The van der Waals surface area contributed by atoms with E-state index in [2.05, 4.69) is 5.32 Å². The molecule has 25 heavy (non-hydrogen) atoms. The minimum Gasteiger partial charge on any atom is -0.478 e. The fraction of sp³-hybridized carbons (Fsp3) is 0.300. The third kappa shape index (κ3) is 3.50. The van der Waals surface area contributed by atoms with Crippen LogP contribution in [0.25, 0.3) is 0 Å². The Kier molecular flexibility index (Phi) is 4.14. The van der Waals surface area contributed by atoms with Crippen molar-refractivity contribution in [1.82, 2.24) is 4.90 Å². The van der Waals surface area contributed by atoms with Crippen molar-refractivity contribution in [3.05, 3.63) is 60.2 Å². The average molecular weight is 336 g/mol. The summed E-state index contributed by atoms with van der Waals surface area (Å²) in [6.07, 6.45) is 1.33. The molecule has 1 fully saturated rings. The zero-order valence-corrected chi connectivity index (χ0v) is 13.9. The maximum atomic E-state index is 12.8. The number of hydrogen-bond donors (Lipinski definition) is 1. The number of benzene rings is 2. The van der Waals surface area contributed by atoms with Gasteiger partial charge < -0.3 is 15.0 Å². The lowest BCUT2D eigenvalue weighted by molar-refractivity contribution is -0.138. The Bertz CT molecular complexity index is 787. The van der Waals surface area contributed by atoms with Crippen LogP contribution >= 0.6 is 0 Å². The second kappa shape index (κ2) is 6.59. The van der Waals surface area contributed by atoms with Crippen LogP contribution in [0.3, 0.4) is 0 Å². The van der Waals surface area contributed by atoms with Gasteiger partial charge in [0.25, 0.3) is 5.91 Å². The van der Waals surface area contributed by atoms with E-state index >= 15 is 0 Å². The Balaban J connectivity index is 1.46. The number of amides is 2. The Labute approximate surface area is 146 Å². The second-order valence-electron chi connectivity index (χ2n) is 6.53. The highest BCUT2D eigenvalue weighted by Crippen LogP contribution is 2.32. The molecule has 1 heterocycles. The van der Waals surface area contributed by atoms with Gasteiger partial charge in [-0.1, -0.05) is 42.5 Å². The van der Waals surface area contributed by atoms with Crippen LogP contribution < -0.4 is 10.1 Å². The average Bonchev–Trinajstić information content (AvgIpc) is 3.46. The summed E-state index contributed by atoms with van der Waals surface area (Å²) < 4.78 is 5.76. The molecule has 0 radical (unpaired) electrons. The molecule has 2 amide bonds. The molecular weight excluding hydrogens is 316 g/mol. The topological polar surface area (TPSA) is 58.6 Å². The summed E-state index contributed by atoms with van der Waals surface area (Å²) in [5, 5.41) is 2.81. The Morgan fingerprint density at radius 1 is 1.08 bits per heavy atom. The summed E-state index contributed by atoms with van der Waals surface area (Å²) in [4.78, 5) is 27.0. The van der Waals surface area contributed by atoms with E-state index < -0.39 is 6.10 Å². The van der Waals surface area contributed by atoms with Crippen LogP contribution in [0.1, 0.15) is 24.8 Å². The number of ether oxygens (including phenoxy) is 1. The van der Waals surface area contributed by atoms with Crippen molar-refractivity contribution >= 4 is 17.5 Å². The van der Waals surface area contributed by atoms with Gasteiger partial charge in [-0.15, -0.1) is 0 Å². The molecule has 2 aromatic carbocycles. The molecule has 5 nitrogen and oxygen atoms in total. The first-order chi connectivity index (χ1) is 12.2. The minimum absolute atomic E-state index is 0.0362. The fourth-order valence-corrected chi connectivity index (χ4v) is 3.09. The summed E-state index contributed by atoms with van der Waals surface area (Å²) in [6, 6.07) is 17.5. The van der Waals surface area contributed by atoms with Crippen molar-refractivity contribution in [2.75, 3.05) is 5.32 Å². The van der Waals surface area contributed by atoms with E-state index in [0.717, 1.165) is 18.4 Å². The van der Waals surface area contributed by atoms with E-state index in [4.69, 9.17) is 4.74 Å². The Morgan fingerprint density at radius 2 is 1.80 bits per heavy atom. The molecule has 1 aliphatic carbocycles. The van der Waals surface area contributed by atoms with Crippen molar-refractivity contribution in [2.45, 2.75) is 38.0 Å². The second-order valence-corrected chi connectivity index (χ2v) is 6.53. The maximum Gasteiger partial charge on any atom is 0.266 e. The summed E-state index contributed by atoms with van der Waals surface area (Å²) in [5.41, 5.74) is 1.75. The standard InChI is InChI=1S/C20H20N2O3/c23-19(22(15-10-11-15)13-14-6-2-1-3-7-14)12-18-20(24)21-16-8-4-5-9-17(16)25-18/h1-9,15,18H,10-13H2,(H,21,24)/t18-/m1/s1. The summed E-state index contributed by atoms with van der Waals surface area (Å²) in [6.45, 7) is 0.579. The van der Waals surface area contributed by atoms with Crippen LogP contribution in [-0.4, -0.2) is 28.9 Å². The van der Waals surface area contributed by atoms with Crippen molar-refractivity contribution in [3.63, 3.8) is 0 Å². The third-order valence-corrected chi connectivity index (χ3v) is 4.57. The van der Waals surface area contributed by atoms with Crippen LogP contribution in [0.15, 0.2) is 54.6 Å². The lowest BCUT2D eigenvalue weighted by Gasteiger charge is -2.28. The van der Waals surface area contributed by atoms with Crippen molar-refractivity contribution in [2.24, 2.45) is 0 Å². The molecular formula is C20H20N2O3. The molecule has 1 N–H and O–H groups in total. The first-order valence-electron chi connectivity index (χ1n) is 8.60. The molecule has 128 valence electrons. The van der Waals surface area contributed by atoms with Gasteiger partial charge in [-0.05, 0) is 30.5 Å². The lowest BCUT2D eigenvalue weighted by atomic mass is 10.1. The van der Waals surface area contributed by atoms with Crippen molar-refractivity contribution in [3.8, 4) is 5.75 Å². The smallest absolute Gasteiger partial charge is 0.266 e. The van der Waals surface area contributed by atoms with Gasteiger partial charge in [0.1, 0.15) is 5.75 Å². The highest BCUT2D eigenvalue weighted by Gasteiger charge is 2.36. The first kappa shape index (κ1) is 15.7. The minimum atomic E-state index is -0.778. The van der Waals surface area contributed by atoms with Crippen LogP contribution in [0.4, 0.5) is 5.69 Å². The number of rotatable bonds is 5. The molecule has 1 atom stereocenters. The van der Waals surface area contributed by atoms with E-state index in [-0.39, 0.29) is 24.3 Å². The molecule has 2 aromatic rings. The number of hydrogen-bond acceptors (Lipinski definition) is 3. The number of anilines is 1. The predicted molar refractivity (Wildman–Crippen MR) is 94.1 cm³/mol. The molecule has 0 unspecified atom stereocenters. The number of nitrogens with one attached hydrogen (secondary N) is 1. The number of nitrogens with zero attached hydrogens (tertiary/aromatic N) is 1. The Hall–Kier alpha value is -2.82. The molecule has 2 aliphatic rings. The van der Waals surface area contributed by atoms with Gasteiger partial charge in [-0.25, -0.2) is 0 Å². The van der Waals surface area contributed by atoms with E-state index in [1.54, 1.807) is 12.1 Å². The number of carbonyl (C=O) groups excluding carboxylic acids is 2. The van der Waals surface area contributed by atoms with Crippen LogP contribution in [-0.2, 0) is 16.1 Å². The molecule has 0 aromatic heterocycles. The molecule has 0 spiro atoms. The summed E-state index contributed by atoms with van der Waals surface area (Å²) >= 11 is 0. The van der Waals surface area contributed by atoms with E-state index in [1.165, 1.54) is 0 Å². The van der Waals surface area contributed by atoms with Crippen molar-refractivity contribution < 1.29 is 14.3 Å². The third-order valence-electron chi connectivity index (χ3n) is 4.57. The molecule has 1 aliphatic heterocycles. The number of para-hydroxylation sites is 2. The molecule has 1 saturated carbocycles. The van der Waals surface area contributed by atoms with Gasteiger partial charge in [0.05, 0.1) is 12.1 Å². The molecule has 0 bridgehead atoms. The van der Waals surface area contributed by atoms with E-state index in [0.29, 0.717) is 18.0 Å². The Morgan fingerprint density at radius 3 is 2.56 bits per heavy atom. The quantitative estimate of drug-likeness (QED) is 0.913. The number of carbonyl (C=O) groups is 2. The predicted octanol–water partition coefficient (Wildman–Crippen LogP) is 2.97. The van der Waals surface area contributed by atoms with Gasteiger partial charge in [-0.3, -0.25) is 9.59 Å². The summed E-state index contributed by atoms with van der Waals surface area (Å²) in [5.74, 6) is 0.314. The van der Waals surface area contributed by atoms with Gasteiger partial charge in [0, 0.05) is 12.6 Å². The van der Waals surface area contributed by atoms with E-state index in [1.807, 2.05) is 47.4 Å². The highest BCUT2D eigenvalue weighted by atomic mass is 16.5. The summed E-state index contributed by atoms with van der Waals surface area (Å²) in [7, 11) is 0. The van der Waals surface area contributed by atoms with Gasteiger partial charge in [0.2, 0.25) is 5.91 Å². The lowest BCUT2D eigenvalue weighted by Crippen LogP contribution is -2.42. The highest BCUT2D eigenvalue weighted by molar-refractivity contribution is 6.00. The van der Waals surface area contributed by atoms with Crippen LogP contribution in [0.5, 0.6) is 5.75 Å². The fourth-order valence-electron chi connectivity index (χ4n) is 3.09. The van der Waals surface area contributed by atoms with Crippen molar-refractivity contribution in [1.29, 1.82) is 0 Å². The van der Waals surface area contributed by atoms with Gasteiger partial charge in [0.15, 0.2) is 6.10 Å². The normalized spacial score (nSPS) is 18.7. The monoisotopic (exact) mass is 336 g/mol. The van der Waals surface area contributed by atoms with Crippen LogP contribution in [0.2, 0.25) is 0 Å². The largest absolute Gasteiger partial charge is 0.478 e. The zero-order chi connectivity index (χ0) is 17.2. The molecule has 4 rings (SSSR count). The zero-order valence-electron chi connectivity index (χ0n) is 13.9. The molecule has 5 heteroatoms. The van der Waals surface area contributed by atoms with Gasteiger partial charge >= 0.3 is 0 Å². The first-order valence-corrected chi connectivity index (χ1v) is 8.60. The van der Waals surface area contributed by atoms with Crippen LogP contribution in [0, 0.1) is 0 Å². The van der Waals surface area contributed by atoms with E-state index in [9.17, 15) is 9.59 Å². The SMILES string of the molecule is O=C1Nc2ccccc2O[C@@H]1CC(=O)N(Cc1ccccc1)C1CC1. The molecule has 0 saturated heterocycles. The number of fused-ring (bicyclic) bond motifs is 1.